The standard InChI is InChI=1S/C13H8BrF3N2O/c14-6-3-9(16)12(10(17)4-6)13(20)19-7-1-2-8(15)11(18)5-7/h1-5H,18H2,(H,19,20). The Morgan fingerprint density at radius 2 is 1.65 bits per heavy atom. The van der Waals surface area contributed by atoms with E-state index in [-0.39, 0.29) is 15.8 Å². The lowest BCUT2D eigenvalue weighted by molar-refractivity contribution is 0.101. The van der Waals surface area contributed by atoms with Gasteiger partial charge < -0.3 is 11.1 Å². The second-order valence-corrected chi connectivity index (χ2v) is 4.85. The fourth-order valence-electron chi connectivity index (χ4n) is 1.57. The molecule has 0 unspecified atom stereocenters. The highest BCUT2D eigenvalue weighted by Crippen LogP contribution is 2.22. The van der Waals surface area contributed by atoms with E-state index in [1.165, 1.54) is 6.07 Å². The predicted octanol–water partition coefficient (Wildman–Crippen LogP) is 3.70. The molecule has 104 valence electrons. The van der Waals surface area contributed by atoms with Gasteiger partial charge in [0.1, 0.15) is 23.0 Å². The minimum absolute atomic E-state index is 0.135. The fourth-order valence-corrected chi connectivity index (χ4v) is 1.98. The van der Waals surface area contributed by atoms with Crippen LogP contribution in [0.1, 0.15) is 10.4 Å². The van der Waals surface area contributed by atoms with Crippen LogP contribution in [0.2, 0.25) is 0 Å². The van der Waals surface area contributed by atoms with Crippen molar-refractivity contribution in [3.63, 3.8) is 0 Å². The summed E-state index contributed by atoms with van der Waals surface area (Å²) in [5.74, 6) is -3.66. The molecule has 0 aliphatic rings. The van der Waals surface area contributed by atoms with Crippen molar-refractivity contribution in [3.8, 4) is 0 Å². The first-order valence-corrected chi connectivity index (χ1v) is 6.18. The van der Waals surface area contributed by atoms with E-state index in [0.717, 1.165) is 24.3 Å². The number of rotatable bonds is 2. The van der Waals surface area contributed by atoms with Crippen LogP contribution in [-0.2, 0) is 0 Å². The van der Waals surface area contributed by atoms with E-state index in [4.69, 9.17) is 5.73 Å². The highest BCUT2D eigenvalue weighted by atomic mass is 79.9. The smallest absolute Gasteiger partial charge is 0.261 e. The summed E-state index contributed by atoms with van der Waals surface area (Å²) in [6.45, 7) is 0. The lowest BCUT2D eigenvalue weighted by atomic mass is 10.1. The number of benzene rings is 2. The largest absolute Gasteiger partial charge is 0.396 e. The first kappa shape index (κ1) is 14.4. The Bertz CT molecular complexity index is 668. The normalized spacial score (nSPS) is 10.4. The van der Waals surface area contributed by atoms with E-state index >= 15 is 0 Å². The van der Waals surface area contributed by atoms with Crippen molar-refractivity contribution < 1.29 is 18.0 Å². The SMILES string of the molecule is Nc1cc(NC(=O)c2c(F)cc(Br)cc2F)ccc1F. The molecule has 0 aliphatic carbocycles. The monoisotopic (exact) mass is 344 g/mol. The molecule has 0 saturated carbocycles. The van der Waals surface area contributed by atoms with Gasteiger partial charge in [-0.15, -0.1) is 0 Å². The number of nitrogens with two attached hydrogens (primary N) is 1. The van der Waals surface area contributed by atoms with Crippen LogP contribution in [0.3, 0.4) is 0 Å². The summed E-state index contributed by atoms with van der Waals surface area (Å²) in [4.78, 5) is 11.8. The van der Waals surface area contributed by atoms with Gasteiger partial charge in [-0.3, -0.25) is 4.79 Å². The minimum Gasteiger partial charge on any atom is -0.396 e. The number of amides is 1. The topological polar surface area (TPSA) is 55.1 Å². The number of nitrogens with one attached hydrogen (secondary N) is 1. The van der Waals surface area contributed by atoms with Gasteiger partial charge in [0.15, 0.2) is 0 Å². The third-order valence-electron chi connectivity index (χ3n) is 2.49. The van der Waals surface area contributed by atoms with E-state index in [2.05, 4.69) is 21.2 Å². The van der Waals surface area contributed by atoms with Gasteiger partial charge in [0.05, 0.1) is 5.69 Å². The molecule has 0 saturated heterocycles. The van der Waals surface area contributed by atoms with Crippen molar-refractivity contribution in [2.24, 2.45) is 0 Å². The Kier molecular flexibility index (Phi) is 3.99. The average Bonchev–Trinajstić information content (AvgIpc) is 2.32. The molecule has 1 amide bonds. The zero-order valence-corrected chi connectivity index (χ0v) is 11.5. The summed E-state index contributed by atoms with van der Waals surface area (Å²) in [7, 11) is 0. The van der Waals surface area contributed by atoms with Gasteiger partial charge in [-0.25, -0.2) is 13.2 Å². The number of halogens is 4. The molecule has 3 N–H and O–H groups in total. The molecule has 20 heavy (non-hydrogen) atoms. The van der Waals surface area contributed by atoms with E-state index in [1.54, 1.807) is 0 Å². The Morgan fingerprint density at radius 3 is 2.20 bits per heavy atom. The Hall–Kier alpha value is -2.02. The quantitative estimate of drug-likeness (QED) is 0.816. The van der Waals surface area contributed by atoms with Crippen molar-refractivity contribution in [2.45, 2.75) is 0 Å². The first-order valence-electron chi connectivity index (χ1n) is 5.39. The Balaban J connectivity index is 2.31. The van der Waals surface area contributed by atoms with Crippen LogP contribution in [0.25, 0.3) is 0 Å². The van der Waals surface area contributed by atoms with Crippen LogP contribution in [0.15, 0.2) is 34.8 Å². The molecule has 2 aromatic carbocycles. The summed E-state index contributed by atoms with van der Waals surface area (Å²) in [6.07, 6.45) is 0. The molecule has 0 heterocycles. The van der Waals surface area contributed by atoms with Gasteiger partial charge >= 0.3 is 0 Å². The number of anilines is 2. The van der Waals surface area contributed by atoms with Crippen molar-refractivity contribution in [1.29, 1.82) is 0 Å². The maximum absolute atomic E-state index is 13.6. The van der Waals surface area contributed by atoms with Crippen LogP contribution in [-0.4, -0.2) is 5.91 Å². The zero-order valence-electron chi connectivity index (χ0n) is 9.88. The van der Waals surface area contributed by atoms with Crippen molar-refractivity contribution in [2.75, 3.05) is 11.1 Å². The number of nitrogen functional groups attached to an aromatic ring is 1. The molecule has 2 rings (SSSR count). The second kappa shape index (κ2) is 5.54. The molecule has 0 spiro atoms. The predicted molar refractivity (Wildman–Crippen MR) is 72.8 cm³/mol. The molecule has 0 aromatic heterocycles. The lowest BCUT2D eigenvalue weighted by Crippen LogP contribution is -2.16. The molecule has 2 aromatic rings. The Morgan fingerprint density at radius 1 is 1.05 bits per heavy atom. The number of carbonyl (C=O) groups excluding carboxylic acids is 1. The molecule has 7 heteroatoms. The van der Waals surface area contributed by atoms with Crippen LogP contribution >= 0.6 is 15.9 Å². The van der Waals surface area contributed by atoms with Crippen molar-refractivity contribution in [1.82, 2.24) is 0 Å². The van der Waals surface area contributed by atoms with Crippen LogP contribution in [0.4, 0.5) is 24.5 Å². The summed E-state index contributed by atoms with van der Waals surface area (Å²) in [5.41, 5.74) is 4.56. The van der Waals surface area contributed by atoms with Crippen LogP contribution in [0.5, 0.6) is 0 Å². The van der Waals surface area contributed by atoms with Gasteiger partial charge in [-0.05, 0) is 30.3 Å². The number of hydrogen-bond donors (Lipinski definition) is 2. The van der Waals surface area contributed by atoms with Crippen molar-refractivity contribution >= 4 is 33.2 Å². The maximum Gasteiger partial charge on any atom is 0.261 e. The molecular weight excluding hydrogens is 337 g/mol. The average molecular weight is 345 g/mol. The summed E-state index contributed by atoms with van der Waals surface area (Å²) < 4.78 is 40.3. The molecular formula is C13H8BrF3N2O. The third-order valence-corrected chi connectivity index (χ3v) is 2.95. The zero-order chi connectivity index (χ0) is 14.9. The minimum atomic E-state index is -1.01. The molecule has 3 nitrogen and oxygen atoms in total. The van der Waals surface area contributed by atoms with Crippen LogP contribution < -0.4 is 11.1 Å². The molecule has 0 atom stereocenters. The van der Waals surface area contributed by atoms with Crippen molar-refractivity contribution in [3.05, 3.63) is 57.8 Å². The highest BCUT2D eigenvalue weighted by molar-refractivity contribution is 9.10. The second-order valence-electron chi connectivity index (χ2n) is 3.93. The molecule has 0 bridgehead atoms. The lowest BCUT2D eigenvalue weighted by Gasteiger charge is -2.08. The van der Waals surface area contributed by atoms with E-state index in [0.29, 0.717) is 0 Å². The van der Waals surface area contributed by atoms with E-state index in [1.807, 2.05) is 0 Å². The van der Waals surface area contributed by atoms with E-state index in [9.17, 15) is 18.0 Å². The summed E-state index contributed by atoms with van der Waals surface area (Å²) in [5, 5.41) is 2.25. The number of hydrogen-bond acceptors (Lipinski definition) is 2. The molecule has 0 fully saturated rings. The fraction of sp³-hybridized carbons (Fsp3) is 0. The van der Waals surface area contributed by atoms with Gasteiger partial charge in [0.25, 0.3) is 5.91 Å². The first-order chi connectivity index (χ1) is 9.38. The van der Waals surface area contributed by atoms with Gasteiger partial charge in [-0.1, -0.05) is 15.9 Å². The molecule has 0 aliphatic heterocycles. The highest BCUT2D eigenvalue weighted by Gasteiger charge is 2.18. The summed E-state index contributed by atoms with van der Waals surface area (Å²) in [6, 6.07) is 5.37. The van der Waals surface area contributed by atoms with Crippen LogP contribution in [0, 0.1) is 17.5 Å². The summed E-state index contributed by atoms with van der Waals surface area (Å²) >= 11 is 2.91. The maximum atomic E-state index is 13.6. The number of carbonyl (C=O) groups is 1. The van der Waals surface area contributed by atoms with Gasteiger partial charge in [0.2, 0.25) is 0 Å². The Labute approximate surface area is 120 Å². The van der Waals surface area contributed by atoms with E-state index < -0.39 is 28.9 Å². The van der Waals surface area contributed by atoms with Gasteiger partial charge in [0, 0.05) is 10.2 Å². The third kappa shape index (κ3) is 2.93. The molecule has 0 radical (unpaired) electrons. The van der Waals surface area contributed by atoms with Gasteiger partial charge in [-0.2, -0.15) is 0 Å².